The van der Waals surface area contributed by atoms with E-state index in [-0.39, 0.29) is 34.0 Å². The van der Waals surface area contributed by atoms with Crippen molar-refractivity contribution in [3.05, 3.63) is 32.8 Å². The van der Waals surface area contributed by atoms with Gasteiger partial charge in [-0.3, -0.25) is 14.9 Å². The summed E-state index contributed by atoms with van der Waals surface area (Å²) in [4.78, 5) is 21.6. The van der Waals surface area contributed by atoms with Gasteiger partial charge in [-0.2, -0.15) is 0 Å². The Bertz CT molecular complexity index is 653. The van der Waals surface area contributed by atoms with E-state index in [9.17, 15) is 14.9 Å². The number of rotatable bonds is 8. The maximum Gasteiger partial charge on any atom is 0.292 e. The normalized spacial score (nSPS) is 12.1. The van der Waals surface area contributed by atoms with Crippen LogP contribution in [0.1, 0.15) is 51.4 Å². The monoisotopic (exact) mass is 372 g/mol. The third-order valence-electron chi connectivity index (χ3n) is 4.32. The molecule has 0 aliphatic heterocycles. The maximum absolute atomic E-state index is 11.3. The molecule has 0 fully saturated rings. The number of nitrogens with zero attached hydrogens (tertiary/aromatic N) is 1. The van der Waals surface area contributed by atoms with E-state index in [4.69, 9.17) is 26.8 Å². The van der Waals surface area contributed by atoms with E-state index in [1.165, 1.54) is 6.07 Å². The summed E-state index contributed by atoms with van der Waals surface area (Å²) in [6.07, 6.45) is 0.560. The van der Waals surface area contributed by atoms with Crippen molar-refractivity contribution in [3.8, 4) is 5.75 Å². The van der Waals surface area contributed by atoms with E-state index >= 15 is 0 Å². The van der Waals surface area contributed by atoms with Crippen molar-refractivity contribution >= 4 is 23.2 Å². The lowest BCUT2D eigenvalue weighted by molar-refractivity contribution is -0.384. The van der Waals surface area contributed by atoms with Crippen LogP contribution in [0.2, 0.25) is 5.02 Å². The van der Waals surface area contributed by atoms with Gasteiger partial charge in [0.15, 0.2) is 5.02 Å². The van der Waals surface area contributed by atoms with Gasteiger partial charge in [-0.1, -0.05) is 32.4 Å². The summed E-state index contributed by atoms with van der Waals surface area (Å²) < 4.78 is 11.4. The third kappa shape index (κ3) is 5.57. The molecule has 2 N–H and O–H groups in total. The van der Waals surface area contributed by atoms with Gasteiger partial charge >= 0.3 is 0 Å². The van der Waals surface area contributed by atoms with Crippen molar-refractivity contribution in [3.63, 3.8) is 0 Å². The zero-order valence-corrected chi connectivity index (χ0v) is 16.0. The van der Waals surface area contributed by atoms with Crippen LogP contribution < -0.4 is 10.5 Å². The number of carbonyl (C=O) groups is 1. The molecule has 140 valence electrons. The van der Waals surface area contributed by atoms with Crippen molar-refractivity contribution < 1.29 is 19.2 Å². The number of primary amides is 1. The zero-order chi connectivity index (χ0) is 19.4. The summed E-state index contributed by atoms with van der Waals surface area (Å²) in [7, 11) is 0. The van der Waals surface area contributed by atoms with Gasteiger partial charge < -0.3 is 15.2 Å². The average molecular weight is 373 g/mol. The lowest BCUT2D eigenvalue weighted by Gasteiger charge is -2.38. The fourth-order valence-electron chi connectivity index (χ4n) is 1.75. The molecule has 0 saturated carbocycles. The first kappa shape index (κ1) is 21.2. The smallest absolute Gasteiger partial charge is 0.292 e. The number of nitro benzene ring substituents is 1. The highest BCUT2D eigenvalue weighted by Crippen LogP contribution is 2.35. The number of nitro groups is 1. The summed E-state index contributed by atoms with van der Waals surface area (Å²) in [6, 6.07) is 2.34. The molecular weight excluding hydrogens is 348 g/mol. The number of hydrogen-bond acceptors (Lipinski definition) is 5. The van der Waals surface area contributed by atoms with E-state index in [2.05, 4.69) is 20.8 Å². The highest BCUT2D eigenvalue weighted by Gasteiger charge is 2.33. The first-order valence-corrected chi connectivity index (χ1v) is 8.29. The number of halogens is 1. The fraction of sp³-hybridized carbons (Fsp3) is 0.588. The number of amides is 1. The SMILES string of the molecule is CC(C)(C)C(C)(C)OCCCOc1cc(C(N)=O)cc([N+](=O)[O-])c1Cl. The summed E-state index contributed by atoms with van der Waals surface area (Å²) in [5, 5.41) is 10.9. The molecule has 1 aromatic rings. The van der Waals surface area contributed by atoms with Crippen molar-refractivity contribution in [2.75, 3.05) is 13.2 Å². The molecule has 0 aromatic heterocycles. The Morgan fingerprint density at radius 3 is 2.32 bits per heavy atom. The van der Waals surface area contributed by atoms with Gasteiger partial charge in [0.1, 0.15) is 5.75 Å². The molecule has 7 nitrogen and oxygen atoms in total. The molecule has 1 aromatic carbocycles. The topological polar surface area (TPSA) is 105 Å². The summed E-state index contributed by atoms with van der Waals surface area (Å²) >= 11 is 5.98. The Hall–Kier alpha value is -1.86. The second-order valence-corrected chi connectivity index (χ2v) is 7.62. The Balaban J connectivity index is 2.72. The van der Waals surface area contributed by atoms with Crippen LogP contribution in [0.15, 0.2) is 12.1 Å². The average Bonchev–Trinajstić information content (AvgIpc) is 2.46. The lowest BCUT2D eigenvalue weighted by Crippen LogP contribution is -2.39. The molecule has 0 unspecified atom stereocenters. The standard InChI is InChI=1S/C17H25ClN2O5/c1-16(2,3)17(4,5)25-8-6-7-24-13-10-11(15(19)21)9-12(14(13)18)20(22)23/h9-10H,6-8H2,1-5H3,(H2,19,21). The van der Waals surface area contributed by atoms with Crippen LogP contribution in [0.4, 0.5) is 5.69 Å². The number of nitrogens with two attached hydrogens (primary N) is 1. The van der Waals surface area contributed by atoms with E-state index < -0.39 is 16.5 Å². The van der Waals surface area contributed by atoms with E-state index in [0.29, 0.717) is 13.0 Å². The minimum absolute atomic E-state index is 0.0202. The molecule has 0 aliphatic rings. The van der Waals surface area contributed by atoms with E-state index in [1.807, 2.05) is 13.8 Å². The van der Waals surface area contributed by atoms with Gasteiger partial charge in [-0.05, 0) is 25.3 Å². The van der Waals surface area contributed by atoms with Crippen LogP contribution in [0.5, 0.6) is 5.75 Å². The van der Waals surface area contributed by atoms with E-state index in [1.54, 1.807) is 0 Å². The van der Waals surface area contributed by atoms with Crippen LogP contribution in [0.3, 0.4) is 0 Å². The fourth-order valence-corrected chi connectivity index (χ4v) is 1.98. The second kappa shape index (κ2) is 8.01. The van der Waals surface area contributed by atoms with E-state index in [0.717, 1.165) is 6.07 Å². The largest absolute Gasteiger partial charge is 0.492 e. The zero-order valence-electron chi connectivity index (χ0n) is 15.2. The van der Waals surface area contributed by atoms with Gasteiger partial charge in [-0.15, -0.1) is 0 Å². The van der Waals surface area contributed by atoms with Crippen LogP contribution in [-0.2, 0) is 4.74 Å². The number of hydrogen-bond donors (Lipinski definition) is 1. The number of ether oxygens (including phenoxy) is 2. The molecule has 0 heterocycles. The first-order valence-electron chi connectivity index (χ1n) is 7.91. The summed E-state index contributed by atoms with van der Waals surface area (Å²) in [6.45, 7) is 11.0. The van der Waals surface area contributed by atoms with Crippen molar-refractivity contribution in [1.29, 1.82) is 0 Å². The van der Waals surface area contributed by atoms with Crippen LogP contribution in [0.25, 0.3) is 0 Å². The maximum atomic E-state index is 11.3. The van der Waals surface area contributed by atoms with Gasteiger partial charge in [0.25, 0.3) is 5.69 Å². The molecule has 8 heteroatoms. The molecule has 0 bridgehead atoms. The van der Waals surface area contributed by atoms with Crippen LogP contribution in [0, 0.1) is 15.5 Å². The molecule has 0 aliphatic carbocycles. The molecule has 0 spiro atoms. The van der Waals surface area contributed by atoms with Crippen molar-refractivity contribution in [2.24, 2.45) is 11.1 Å². The highest BCUT2D eigenvalue weighted by molar-refractivity contribution is 6.34. The molecule has 0 atom stereocenters. The molecule has 1 rings (SSSR count). The Kier molecular flexibility index (Phi) is 6.79. The second-order valence-electron chi connectivity index (χ2n) is 7.24. The minimum atomic E-state index is -0.792. The van der Waals surface area contributed by atoms with Gasteiger partial charge in [-0.25, -0.2) is 0 Å². The summed E-state index contributed by atoms with van der Waals surface area (Å²) in [5.41, 5.74) is 4.41. The molecule has 0 radical (unpaired) electrons. The minimum Gasteiger partial charge on any atom is -0.492 e. The predicted octanol–water partition coefficient (Wildman–Crippen LogP) is 3.96. The van der Waals surface area contributed by atoms with Crippen molar-refractivity contribution in [1.82, 2.24) is 0 Å². The quantitative estimate of drug-likeness (QED) is 0.422. The van der Waals surface area contributed by atoms with Gasteiger partial charge in [0.05, 0.1) is 23.7 Å². The molecule has 25 heavy (non-hydrogen) atoms. The number of benzene rings is 1. The highest BCUT2D eigenvalue weighted by atomic mass is 35.5. The van der Waals surface area contributed by atoms with Crippen molar-refractivity contribution in [2.45, 2.75) is 46.6 Å². The molecule has 0 saturated heterocycles. The van der Waals surface area contributed by atoms with Gasteiger partial charge in [0, 0.05) is 18.1 Å². The Morgan fingerprint density at radius 1 is 1.24 bits per heavy atom. The van der Waals surface area contributed by atoms with Crippen LogP contribution in [-0.4, -0.2) is 29.6 Å². The molecular formula is C17H25ClN2O5. The Labute approximate surface area is 152 Å². The first-order chi connectivity index (χ1) is 11.4. The summed E-state index contributed by atoms with van der Waals surface area (Å²) in [5.74, 6) is -0.736. The Morgan fingerprint density at radius 2 is 1.84 bits per heavy atom. The third-order valence-corrected chi connectivity index (χ3v) is 4.70. The molecule has 1 amide bonds. The predicted molar refractivity (Wildman–Crippen MR) is 96.2 cm³/mol. The lowest BCUT2D eigenvalue weighted by atomic mass is 9.79. The number of carbonyl (C=O) groups excluding carboxylic acids is 1. The van der Waals surface area contributed by atoms with Gasteiger partial charge in [0.2, 0.25) is 5.91 Å². The van der Waals surface area contributed by atoms with Crippen LogP contribution >= 0.6 is 11.6 Å².